The Bertz CT molecular complexity index is 522. The molecule has 1 aromatic heterocycles. The Labute approximate surface area is 110 Å². The molecule has 0 N–H and O–H groups in total. The fourth-order valence-electron chi connectivity index (χ4n) is 1.84. The molecular formula is C14H15NO2S. The molecule has 0 bridgehead atoms. The van der Waals surface area contributed by atoms with Crippen LogP contribution >= 0.6 is 11.3 Å². The van der Waals surface area contributed by atoms with Crippen molar-refractivity contribution >= 4 is 17.1 Å². The maximum absolute atomic E-state index is 12.2. The van der Waals surface area contributed by atoms with Crippen molar-refractivity contribution in [2.75, 3.05) is 7.11 Å². The highest BCUT2D eigenvalue weighted by Gasteiger charge is 2.20. The first-order valence-electron chi connectivity index (χ1n) is 5.72. The van der Waals surface area contributed by atoms with E-state index in [1.807, 2.05) is 42.6 Å². The zero-order valence-electron chi connectivity index (χ0n) is 10.4. The molecule has 0 saturated carbocycles. The SMILES string of the molecule is COC(C(=O)Cc1csc(C)n1)c1ccccc1. The number of rotatable bonds is 5. The maximum Gasteiger partial charge on any atom is 0.172 e. The number of thiazole rings is 1. The van der Waals surface area contributed by atoms with Crippen molar-refractivity contribution in [3.05, 3.63) is 52.0 Å². The van der Waals surface area contributed by atoms with Gasteiger partial charge in [-0.15, -0.1) is 11.3 Å². The van der Waals surface area contributed by atoms with Crippen LogP contribution in [0.5, 0.6) is 0 Å². The third-order valence-corrected chi connectivity index (χ3v) is 3.47. The second-order valence-corrected chi connectivity index (χ2v) is 5.09. The largest absolute Gasteiger partial charge is 0.369 e. The molecule has 3 nitrogen and oxygen atoms in total. The van der Waals surface area contributed by atoms with Gasteiger partial charge in [0, 0.05) is 12.5 Å². The molecule has 1 heterocycles. The van der Waals surface area contributed by atoms with Gasteiger partial charge in [0.1, 0.15) is 6.10 Å². The molecule has 1 unspecified atom stereocenters. The summed E-state index contributed by atoms with van der Waals surface area (Å²) in [7, 11) is 1.56. The lowest BCUT2D eigenvalue weighted by atomic mass is 10.0. The summed E-state index contributed by atoms with van der Waals surface area (Å²) in [6, 6.07) is 9.53. The summed E-state index contributed by atoms with van der Waals surface area (Å²) in [6.45, 7) is 1.93. The molecule has 0 fully saturated rings. The zero-order chi connectivity index (χ0) is 13.0. The molecular weight excluding hydrogens is 246 g/mol. The number of hydrogen-bond acceptors (Lipinski definition) is 4. The van der Waals surface area contributed by atoms with Crippen LogP contribution < -0.4 is 0 Å². The third-order valence-electron chi connectivity index (χ3n) is 2.65. The van der Waals surface area contributed by atoms with Crippen LogP contribution in [0.2, 0.25) is 0 Å². The molecule has 0 aliphatic heterocycles. The van der Waals surface area contributed by atoms with Gasteiger partial charge in [0.05, 0.1) is 17.1 Å². The average molecular weight is 261 g/mol. The normalized spacial score (nSPS) is 12.3. The van der Waals surface area contributed by atoms with Gasteiger partial charge >= 0.3 is 0 Å². The molecule has 1 aromatic carbocycles. The Kier molecular flexibility index (Phi) is 4.23. The summed E-state index contributed by atoms with van der Waals surface area (Å²) >= 11 is 1.56. The first-order chi connectivity index (χ1) is 8.70. The Morgan fingerprint density at radius 2 is 2.11 bits per heavy atom. The van der Waals surface area contributed by atoms with Crippen LogP contribution in [0.3, 0.4) is 0 Å². The fourth-order valence-corrected chi connectivity index (χ4v) is 2.45. The molecule has 0 radical (unpaired) electrons. The van der Waals surface area contributed by atoms with Gasteiger partial charge in [0.25, 0.3) is 0 Å². The lowest BCUT2D eigenvalue weighted by Crippen LogP contribution is -2.17. The molecule has 94 valence electrons. The van der Waals surface area contributed by atoms with Crippen molar-refractivity contribution in [1.82, 2.24) is 4.98 Å². The van der Waals surface area contributed by atoms with Crippen molar-refractivity contribution in [1.29, 1.82) is 0 Å². The quantitative estimate of drug-likeness (QED) is 0.830. The van der Waals surface area contributed by atoms with Gasteiger partial charge in [-0.2, -0.15) is 0 Å². The van der Waals surface area contributed by atoms with Crippen LogP contribution in [0.4, 0.5) is 0 Å². The predicted octanol–water partition coefficient (Wildman–Crippen LogP) is 2.95. The van der Waals surface area contributed by atoms with E-state index in [1.54, 1.807) is 18.4 Å². The monoisotopic (exact) mass is 261 g/mol. The number of carbonyl (C=O) groups excluding carboxylic acids is 1. The van der Waals surface area contributed by atoms with E-state index in [2.05, 4.69) is 4.98 Å². The number of aryl methyl sites for hydroxylation is 1. The van der Waals surface area contributed by atoms with Crippen molar-refractivity contribution in [2.45, 2.75) is 19.4 Å². The minimum atomic E-state index is -0.506. The molecule has 1 atom stereocenters. The number of ketones is 1. The molecule has 2 aromatic rings. The minimum absolute atomic E-state index is 0.0361. The van der Waals surface area contributed by atoms with E-state index >= 15 is 0 Å². The molecule has 0 aliphatic carbocycles. The number of methoxy groups -OCH3 is 1. The summed E-state index contributed by atoms with van der Waals surface area (Å²) in [6.07, 6.45) is -0.189. The molecule has 0 amide bonds. The fraction of sp³-hybridized carbons (Fsp3) is 0.286. The summed E-state index contributed by atoms with van der Waals surface area (Å²) in [5, 5.41) is 2.90. The number of aromatic nitrogens is 1. The van der Waals surface area contributed by atoms with Gasteiger partial charge in [-0.3, -0.25) is 4.79 Å². The van der Waals surface area contributed by atoms with E-state index in [0.29, 0.717) is 6.42 Å². The molecule has 2 rings (SSSR count). The zero-order valence-corrected chi connectivity index (χ0v) is 11.2. The van der Waals surface area contributed by atoms with Gasteiger partial charge in [-0.1, -0.05) is 30.3 Å². The Hall–Kier alpha value is -1.52. The van der Waals surface area contributed by atoms with Crippen LogP contribution in [0, 0.1) is 6.92 Å². The summed E-state index contributed by atoms with van der Waals surface area (Å²) < 4.78 is 5.30. The average Bonchev–Trinajstić information content (AvgIpc) is 2.77. The van der Waals surface area contributed by atoms with E-state index < -0.39 is 6.10 Å². The van der Waals surface area contributed by atoms with E-state index in [1.165, 1.54) is 0 Å². The van der Waals surface area contributed by atoms with E-state index in [-0.39, 0.29) is 5.78 Å². The van der Waals surface area contributed by atoms with E-state index in [4.69, 9.17) is 4.74 Å². The number of benzene rings is 1. The Morgan fingerprint density at radius 3 is 2.67 bits per heavy atom. The van der Waals surface area contributed by atoms with Gasteiger partial charge < -0.3 is 4.74 Å². The highest BCUT2D eigenvalue weighted by molar-refractivity contribution is 7.09. The Balaban J connectivity index is 2.11. The highest BCUT2D eigenvalue weighted by atomic mass is 32.1. The van der Waals surface area contributed by atoms with Gasteiger partial charge in [0.2, 0.25) is 0 Å². The number of ether oxygens (including phenoxy) is 1. The van der Waals surface area contributed by atoms with Crippen LogP contribution in [0.25, 0.3) is 0 Å². The standard InChI is InChI=1S/C14H15NO2S/c1-10-15-12(9-18-10)8-13(16)14(17-2)11-6-4-3-5-7-11/h3-7,9,14H,8H2,1-2H3. The number of nitrogens with zero attached hydrogens (tertiary/aromatic N) is 1. The van der Waals surface area contributed by atoms with Gasteiger partial charge in [0.15, 0.2) is 5.78 Å². The second-order valence-electron chi connectivity index (χ2n) is 4.03. The first kappa shape index (κ1) is 12.9. The van der Waals surface area contributed by atoms with Crippen LogP contribution in [0.1, 0.15) is 22.4 Å². The number of hydrogen-bond donors (Lipinski definition) is 0. The molecule has 0 spiro atoms. The van der Waals surface area contributed by atoms with Crippen molar-refractivity contribution < 1.29 is 9.53 Å². The van der Waals surface area contributed by atoms with Crippen LogP contribution in [0.15, 0.2) is 35.7 Å². The molecule has 0 saturated heterocycles. The first-order valence-corrected chi connectivity index (χ1v) is 6.60. The van der Waals surface area contributed by atoms with Crippen molar-refractivity contribution in [3.63, 3.8) is 0 Å². The maximum atomic E-state index is 12.2. The van der Waals surface area contributed by atoms with Crippen LogP contribution in [-0.4, -0.2) is 17.9 Å². The topological polar surface area (TPSA) is 39.2 Å². The summed E-state index contributed by atoms with van der Waals surface area (Å²) in [5.41, 5.74) is 1.71. The lowest BCUT2D eigenvalue weighted by Gasteiger charge is -2.13. The minimum Gasteiger partial charge on any atom is -0.369 e. The lowest BCUT2D eigenvalue weighted by molar-refractivity contribution is -0.128. The van der Waals surface area contributed by atoms with E-state index in [0.717, 1.165) is 16.3 Å². The summed E-state index contributed by atoms with van der Waals surface area (Å²) in [4.78, 5) is 16.5. The van der Waals surface area contributed by atoms with E-state index in [9.17, 15) is 4.79 Å². The van der Waals surface area contributed by atoms with Gasteiger partial charge in [-0.25, -0.2) is 4.98 Å². The molecule has 0 aliphatic rings. The molecule has 4 heteroatoms. The second kappa shape index (κ2) is 5.89. The highest BCUT2D eigenvalue weighted by Crippen LogP contribution is 2.20. The third kappa shape index (κ3) is 3.03. The van der Waals surface area contributed by atoms with Crippen LogP contribution in [-0.2, 0) is 16.0 Å². The predicted molar refractivity (Wildman–Crippen MR) is 71.8 cm³/mol. The van der Waals surface area contributed by atoms with Crippen molar-refractivity contribution in [2.24, 2.45) is 0 Å². The number of Topliss-reactive ketones (excluding diaryl/α,β-unsaturated/α-hetero) is 1. The summed E-state index contributed by atoms with van der Waals surface area (Å²) in [5.74, 6) is 0.0361. The smallest absolute Gasteiger partial charge is 0.172 e. The van der Waals surface area contributed by atoms with Crippen molar-refractivity contribution in [3.8, 4) is 0 Å². The Morgan fingerprint density at radius 1 is 1.39 bits per heavy atom. The molecule has 18 heavy (non-hydrogen) atoms. The number of carbonyl (C=O) groups is 1. The van der Waals surface area contributed by atoms with Gasteiger partial charge in [-0.05, 0) is 12.5 Å².